The molecule has 0 bridgehead atoms. The molecule has 0 atom stereocenters. The number of rotatable bonds is 10. The Morgan fingerprint density at radius 2 is 1.81 bits per heavy atom. The molecule has 0 unspecified atom stereocenters. The summed E-state index contributed by atoms with van der Waals surface area (Å²) in [6.07, 6.45) is 5.05. The summed E-state index contributed by atoms with van der Waals surface area (Å²) in [7, 11) is 3.45. The molecule has 7 heteroatoms. The van der Waals surface area contributed by atoms with Crippen LogP contribution in [0.1, 0.15) is 6.42 Å². The Labute approximate surface area is 144 Å². The van der Waals surface area contributed by atoms with Gasteiger partial charge in [-0.05, 0) is 18.6 Å². The predicted molar refractivity (Wildman–Crippen MR) is 96.5 cm³/mol. The van der Waals surface area contributed by atoms with Crippen LogP contribution in [0.3, 0.4) is 0 Å². The van der Waals surface area contributed by atoms with E-state index in [9.17, 15) is 0 Å². The van der Waals surface area contributed by atoms with Crippen LogP contribution in [-0.2, 0) is 16.0 Å². The lowest BCUT2D eigenvalue weighted by atomic mass is 10.4. The van der Waals surface area contributed by atoms with Gasteiger partial charge in [-0.2, -0.15) is 0 Å². The minimum absolute atomic E-state index is 0. The second-order valence-corrected chi connectivity index (χ2v) is 4.31. The highest BCUT2D eigenvalue weighted by Gasteiger charge is 1.96. The number of guanidine groups is 1. The van der Waals surface area contributed by atoms with Crippen LogP contribution in [0.25, 0.3) is 0 Å². The Bertz CT molecular complexity index is 358. The Morgan fingerprint density at radius 1 is 1.10 bits per heavy atom. The van der Waals surface area contributed by atoms with E-state index in [0.29, 0.717) is 13.2 Å². The lowest BCUT2D eigenvalue weighted by Gasteiger charge is -2.12. The van der Waals surface area contributed by atoms with E-state index in [1.165, 1.54) is 0 Å². The van der Waals surface area contributed by atoms with Gasteiger partial charge in [0, 0.05) is 52.8 Å². The fourth-order valence-electron chi connectivity index (χ4n) is 1.67. The van der Waals surface area contributed by atoms with Crippen LogP contribution in [0.5, 0.6) is 0 Å². The van der Waals surface area contributed by atoms with E-state index >= 15 is 0 Å². The number of hydrogen-bond donors (Lipinski definition) is 2. The third-order valence-electron chi connectivity index (χ3n) is 2.74. The summed E-state index contributed by atoms with van der Waals surface area (Å²) >= 11 is 0. The predicted octanol–water partition coefficient (Wildman–Crippen LogP) is 1.32. The topological polar surface area (TPSA) is 59.8 Å². The normalized spacial score (nSPS) is 11.0. The van der Waals surface area contributed by atoms with Crippen LogP contribution < -0.4 is 10.6 Å². The largest absolute Gasteiger partial charge is 0.382 e. The summed E-state index contributed by atoms with van der Waals surface area (Å²) in [6.45, 7) is 4.65. The van der Waals surface area contributed by atoms with Gasteiger partial charge < -0.3 is 24.7 Å². The van der Waals surface area contributed by atoms with Crippen molar-refractivity contribution < 1.29 is 9.47 Å². The first kappa shape index (κ1) is 20.2. The molecule has 0 saturated carbocycles. The number of methoxy groups -OCH3 is 1. The molecule has 0 fully saturated rings. The zero-order valence-corrected chi connectivity index (χ0v) is 15.2. The maximum Gasteiger partial charge on any atom is 0.191 e. The Balaban J connectivity index is 0.00000400. The molecule has 0 aliphatic rings. The first-order valence-electron chi connectivity index (χ1n) is 6.98. The van der Waals surface area contributed by atoms with Crippen molar-refractivity contribution in [1.29, 1.82) is 0 Å². The summed E-state index contributed by atoms with van der Waals surface area (Å²) < 4.78 is 12.4. The van der Waals surface area contributed by atoms with Crippen molar-refractivity contribution in [2.45, 2.75) is 13.0 Å². The average molecular weight is 410 g/mol. The van der Waals surface area contributed by atoms with Crippen molar-refractivity contribution in [2.75, 3.05) is 47.1 Å². The van der Waals surface area contributed by atoms with Crippen LogP contribution >= 0.6 is 24.0 Å². The van der Waals surface area contributed by atoms with Gasteiger partial charge >= 0.3 is 0 Å². The van der Waals surface area contributed by atoms with Crippen LogP contribution in [0, 0.1) is 0 Å². The first-order valence-corrected chi connectivity index (χ1v) is 6.98. The number of nitrogens with zero attached hydrogens (tertiary/aromatic N) is 2. The molecule has 1 rings (SSSR count). The summed E-state index contributed by atoms with van der Waals surface area (Å²) in [5.41, 5.74) is 0. The number of nitrogens with one attached hydrogen (secondary N) is 2. The summed E-state index contributed by atoms with van der Waals surface area (Å²) in [5.74, 6) is 0.828. The molecular formula is C14H27IN4O2. The fourth-order valence-corrected chi connectivity index (χ4v) is 1.67. The highest BCUT2D eigenvalue weighted by molar-refractivity contribution is 14.0. The third kappa shape index (κ3) is 10.6. The van der Waals surface area contributed by atoms with Gasteiger partial charge in [0.1, 0.15) is 0 Å². The van der Waals surface area contributed by atoms with Crippen molar-refractivity contribution in [2.24, 2.45) is 4.99 Å². The molecule has 6 nitrogen and oxygen atoms in total. The Morgan fingerprint density at radius 3 is 2.48 bits per heavy atom. The zero-order valence-electron chi connectivity index (χ0n) is 12.9. The van der Waals surface area contributed by atoms with Crippen LogP contribution in [-0.4, -0.2) is 57.6 Å². The molecule has 0 radical (unpaired) electrons. The van der Waals surface area contributed by atoms with Crippen molar-refractivity contribution >= 4 is 29.9 Å². The van der Waals surface area contributed by atoms with Crippen molar-refractivity contribution in [3.8, 4) is 0 Å². The highest BCUT2D eigenvalue weighted by Crippen LogP contribution is 1.88. The molecule has 2 N–H and O–H groups in total. The second-order valence-electron chi connectivity index (χ2n) is 4.31. The molecule has 1 aromatic rings. The van der Waals surface area contributed by atoms with E-state index in [4.69, 9.17) is 9.47 Å². The van der Waals surface area contributed by atoms with Crippen LogP contribution in [0.2, 0.25) is 0 Å². The quantitative estimate of drug-likeness (QED) is 0.265. The second kappa shape index (κ2) is 14.2. The highest BCUT2D eigenvalue weighted by atomic mass is 127. The molecule has 0 saturated heterocycles. The van der Waals surface area contributed by atoms with Crippen molar-refractivity contribution in [3.63, 3.8) is 0 Å². The Kier molecular flexibility index (Phi) is 13.6. The van der Waals surface area contributed by atoms with Crippen LogP contribution in [0.15, 0.2) is 29.5 Å². The van der Waals surface area contributed by atoms with E-state index in [1.807, 2.05) is 12.1 Å². The number of hydrogen-bond acceptors (Lipinski definition) is 3. The minimum Gasteiger partial charge on any atom is -0.382 e. The van der Waals surface area contributed by atoms with Crippen molar-refractivity contribution in [3.05, 3.63) is 24.5 Å². The number of halogens is 1. The lowest BCUT2D eigenvalue weighted by Crippen LogP contribution is -2.39. The monoisotopic (exact) mass is 410 g/mol. The average Bonchev–Trinajstić information content (AvgIpc) is 2.97. The number of aliphatic imine (C=N–C) groups is 1. The van der Waals surface area contributed by atoms with E-state index in [2.05, 4.69) is 32.6 Å². The van der Waals surface area contributed by atoms with Crippen LogP contribution in [0.4, 0.5) is 0 Å². The third-order valence-corrected chi connectivity index (χ3v) is 2.74. The van der Waals surface area contributed by atoms with E-state index < -0.39 is 0 Å². The molecule has 0 aliphatic heterocycles. The maximum absolute atomic E-state index is 5.39. The van der Waals surface area contributed by atoms with Gasteiger partial charge in [0.15, 0.2) is 5.96 Å². The molecule has 1 aromatic heterocycles. The SMILES string of the molecule is CN=C(NCCCOCCOC)NCCn1cccc1.I. The number of ether oxygens (including phenoxy) is 2. The molecule has 122 valence electrons. The number of aromatic nitrogens is 1. The van der Waals surface area contributed by atoms with Gasteiger partial charge in [-0.15, -0.1) is 24.0 Å². The molecule has 0 spiro atoms. The lowest BCUT2D eigenvalue weighted by molar-refractivity contribution is 0.0698. The fraction of sp³-hybridized carbons (Fsp3) is 0.643. The van der Waals surface area contributed by atoms with Gasteiger partial charge in [-0.3, -0.25) is 4.99 Å². The molecule has 0 aromatic carbocycles. The standard InChI is InChI=1S/C14H26N4O2.HI/c1-15-14(16-6-5-11-20-13-12-19-2)17-7-10-18-8-3-4-9-18;/h3-4,8-9H,5-7,10-13H2,1-2H3,(H2,15,16,17);1H. The zero-order chi connectivity index (χ0) is 14.5. The molecule has 1 heterocycles. The Hall–Kier alpha value is -0.800. The molecular weight excluding hydrogens is 383 g/mol. The van der Waals surface area contributed by atoms with Crippen molar-refractivity contribution in [1.82, 2.24) is 15.2 Å². The van der Waals surface area contributed by atoms with Gasteiger partial charge in [-0.25, -0.2) is 0 Å². The van der Waals surface area contributed by atoms with Gasteiger partial charge in [0.2, 0.25) is 0 Å². The van der Waals surface area contributed by atoms with Gasteiger partial charge in [-0.1, -0.05) is 0 Å². The summed E-state index contributed by atoms with van der Waals surface area (Å²) in [5, 5.41) is 6.53. The maximum atomic E-state index is 5.39. The first-order chi connectivity index (χ1) is 9.86. The summed E-state index contributed by atoms with van der Waals surface area (Å²) in [6, 6.07) is 4.05. The van der Waals surface area contributed by atoms with Gasteiger partial charge in [0.25, 0.3) is 0 Å². The molecule has 0 aliphatic carbocycles. The van der Waals surface area contributed by atoms with E-state index in [1.54, 1.807) is 14.2 Å². The molecule has 0 amide bonds. The smallest absolute Gasteiger partial charge is 0.191 e. The van der Waals surface area contributed by atoms with Gasteiger partial charge in [0.05, 0.1) is 13.2 Å². The minimum atomic E-state index is 0. The van der Waals surface area contributed by atoms with E-state index in [0.717, 1.165) is 38.6 Å². The molecule has 21 heavy (non-hydrogen) atoms. The summed E-state index contributed by atoms with van der Waals surface area (Å²) in [4.78, 5) is 4.18. The van der Waals surface area contributed by atoms with E-state index in [-0.39, 0.29) is 24.0 Å².